The molecular formula is C12H14BrN3OS. The molecular weight excluding hydrogens is 314 g/mol. The van der Waals surface area contributed by atoms with Gasteiger partial charge in [0.2, 0.25) is 0 Å². The Morgan fingerprint density at radius 1 is 1.44 bits per heavy atom. The molecule has 6 heteroatoms. The van der Waals surface area contributed by atoms with E-state index in [0.717, 1.165) is 10.2 Å². The topological polar surface area (TPSA) is 47.8 Å². The number of rotatable bonds is 4. The molecule has 2 heterocycles. The van der Waals surface area contributed by atoms with Crippen molar-refractivity contribution in [1.82, 2.24) is 14.8 Å². The fraction of sp³-hybridized carbons (Fsp3) is 0.333. The lowest BCUT2D eigenvalue weighted by molar-refractivity contribution is 0.528. The molecule has 0 bridgehead atoms. The van der Waals surface area contributed by atoms with E-state index < -0.39 is 10.8 Å². The Morgan fingerprint density at radius 3 is 2.83 bits per heavy atom. The SMILES string of the molecule is CC(C)n1ccc(CS(=O)c2ncccc2Br)n1. The van der Waals surface area contributed by atoms with E-state index in [1.165, 1.54) is 0 Å². The molecule has 2 aromatic heterocycles. The second-order valence-corrected chi connectivity index (χ2v) is 6.38. The summed E-state index contributed by atoms with van der Waals surface area (Å²) in [4.78, 5) is 4.13. The van der Waals surface area contributed by atoms with E-state index in [4.69, 9.17) is 0 Å². The summed E-state index contributed by atoms with van der Waals surface area (Å²) >= 11 is 3.36. The Morgan fingerprint density at radius 2 is 2.22 bits per heavy atom. The number of halogens is 1. The van der Waals surface area contributed by atoms with Crippen molar-refractivity contribution < 1.29 is 4.21 Å². The first-order chi connectivity index (χ1) is 8.58. The molecule has 4 nitrogen and oxygen atoms in total. The molecule has 0 amide bonds. The lowest BCUT2D eigenvalue weighted by Gasteiger charge is -2.04. The molecule has 2 rings (SSSR count). The van der Waals surface area contributed by atoms with Gasteiger partial charge in [-0.25, -0.2) is 4.98 Å². The molecule has 2 aromatic rings. The van der Waals surface area contributed by atoms with Crippen LogP contribution in [0.2, 0.25) is 0 Å². The maximum absolute atomic E-state index is 12.2. The molecule has 96 valence electrons. The summed E-state index contributed by atoms with van der Waals surface area (Å²) in [5.74, 6) is 0.384. The molecule has 0 aliphatic carbocycles. The average Bonchev–Trinajstić information content (AvgIpc) is 2.78. The summed E-state index contributed by atoms with van der Waals surface area (Å²) in [5, 5.41) is 4.95. The zero-order valence-electron chi connectivity index (χ0n) is 10.2. The molecule has 0 saturated heterocycles. The van der Waals surface area contributed by atoms with E-state index in [2.05, 4.69) is 39.9 Å². The van der Waals surface area contributed by atoms with E-state index in [1.807, 2.05) is 23.0 Å². The van der Waals surface area contributed by atoms with Crippen LogP contribution in [0.3, 0.4) is 0 Å². The molecule has 18 heavy (non-hydrogen) atoms. The molecule has 0 spiro atoms. The second kappa shape index (κ2) is 5.75. The molecule has 1 unspecified atom stereocenters. The molecule has 0 fully saturated rings. The quantitative estimate of drug-likeness (QED) is 0.867. The summed E-state index contributed by atoms with van der Waals surface area (Å²) in [6, 6.07) is 5.86. The highest BCUT2D eigenvalue weighted by atomic mass is 79.9. The van der Waals surface area contributed by atoms with Crippen LogP contribution >= 0.6 is 15.9 Å². The maximum Gasteiger partial charge on any atom is 0.141 e. The van der Waals surface area contributed by atoms with Crippen LogP contribution in [0.5, 0.6) is 0 Å². The number of aromatic nitrogens is 3. The molecule has 0 radical (unpaired) electrons. The van der Waals surface area contributed by atoms with Crippen molar-refractivity contribution in [3.63, 3.8) is 0 Å². The van der Waals surface area contributed by atoms with E-state index in [-0.39, 0.29) is 0 Å². The van der Waals surface area contributed by atoms with Crippen molar-refractivity contribution >= 4 is 26.7 Å². The van der Waals surface area contributed by atoms with Gasteiger partial charge in [-0.2, -0.15) is 5.10 Å². The highest BCUT2D eigenvalue weighted by Gasteiger charge is 2.12. The molecule has 0 aromatic carbocycles. The zero-order valence-corrected chi connectivity index (χ0v) is 12.6. The van der Waals surface area contributed by atoms with E-state index in [1.54, 1.807) is 12.3 Å². The molecule has 1 atom stereocenters. The van der Waals surface area contributed by atoms with Gasteiger partial charge in [-0.1, -0.05) is 0 Å². The second-order valence-electron chi connectivity index (χ2n) is 4.16. The highest BCUT2D eigenvalue weighted by Crippen LogP contribution is 2.19. The van der Waals surface area contributed by atoms with Crippen LogP contribution in [0.15, 0.2) is 40.1 Å². The van der Waals surface area contributed by atoms with Gasteiger partial charge in [0.15, 0.2) is 0 Å². The Labute approximate surface area is 117 Å². The number of hydrogen-bond acceptors (Lipinski definition) is 3. The average molecular weight is 328 g/mol. The Balaban J connectivity index is 2.14. The van der Waals surface area contributed by atoms with Crippen LogP contribution in [0.4, 0.5) is 0 Å². The van der Waals surface area contributed by atoms with Crippen molar-refractivity contribution in [2.75, 3.05) is 0 Å². The maximum atomic E-state index is 12.2. The van der Waals surface area contributed by atoms with Crippen molar-refractivity contribution in [1.29, 1.82) is 0 Å². The lowest BCUT2D eigenvalue weighted by Crippen LogP contribution is -2.04. The van der Waals surface area contributed by atoms with Crippen molar-refractivity contribution in [2.24, 2.45) is 0 Å². The van der Waals surface area contributed by atoms with Gasteiger partial charge in [-0.05, 0) is 48.0 Å². The summed E-state index contributed by atoms with van der Waals surface area (Å²) in [7, 11) is -1.18. The fourth-order valence-corrected chi connectivity index (χ4v) is 3.30. The van der Waals surface area contributed by atoms with E-state index in [0.29, 0.717) is 16.8 Å². The highest BCUT2D eigenvalue weighted by molar-refractivity contribution is 9.10. The van der Waals surface area contributed by atoms with Gasteiger partial charge in [-0.15, -0.1) is 0 Å². The monoisotopic (exact) mass is 327 g/mol. The smallest absolute Gasteiger partial charge is 0.141 e. The van der Waals surface area contributed by atoms with E-state index >= 15 is 0 Å². The Kier molecular flexibility index (Phi) is 4.29. The normalized spacial score (nSPS) is 12.9. The molecule has 0 N–H and O–H groups in total. The van der Waals surface area contributed by atoms with Gasteiger partial charge in [0.05, 0.1) is 26.7 Å². The number of nitrogens with zero attached hydrogens (tertiary/aromatic N) is 3. The van der Waals surface area contributed by atoms with Gasteiger partial charge in [0.1, 0.15) is 5.03 Å². The van der Waals surface area contributed by atoms with Gasteiger partial charge in [0, 0.05) is 18.4 Å². The molecule has 0 aliphatic heterocycles. The Bertz CT molecular complexity index is 568. The molecule has 0 aliphatic rings. The van der Waals surface area contributed by atoms with Crippen LogP contribution in [0, 0.1) is 0 Å². The first-order valence-electron chi connectivity index (χ1n) is 5.61. The Hall–Kier alpha value is -1.01. The summed E-state index contributed by atoms with van der Waals surface area (Å²) in [6.45, 7) is 4.12. The minimum Gasteiger partial charge on any atom is -0.270 e. The fourth-order valence-electron chi connectivity index (χ4n) is 1.48. The standard InChI is InChI=1S/C12H14BrN3OS/c1-9(2)16-7-5-10(15-16)8-18(17)12-11(13)4-3-6-14-12/h3-7,9H,8H2,1-2H3. The van der Waals surface area contributed by atoms with Crippen LogP contribution in [-0.2, 0) is 16.6 Å². The summed E-state index contributed by atoms with van der Waals surface area (Å²) in [6.07, 6.45) is 3.55. The van der Waals surface area contributed by atoms with Gasteiger partial charge < -0.3 is 0 Å². The predicted molar refractivity (Wildman–Crippen MR) is 74.7 cm³/mol. The van der Waals surface area contributed by atoms with Crippen molar-refractivity contribution in [3.05, 3.63) is 40.8 Å². The first kappa shape index (κ1) is 13.4. The zero-order chi connectivity index (χ0) is 13.1. The third-order valence-corrected chi connectivity index (χ3v) is 4.63. The predicted octanol–water partition coefficient (Wildman–Crippen LogP) is 2.93. The van der Waals surface area contributed by atoms with Gasteiger partial charge >= 0.3 is 0 Å². The third-order valence-electron chi connectivity index (χ3n) is 2.41. The first-order valence-corrected chi connectivity index (χ1v) is 7.72. The van der Waals surface area contributed by atoms with Crippen LogP contribution < -0.4 is 0 Å². The minimum atomic E-state index is -1.18. The van der Waals surface area contributed by atoms with Gasteiger partial charge in [0.25, 0.3) is 0 Å². The van der Waals surface area contributed by atoms with Crippen LogP contribution in [0.1, 0.15) is 25.6 Å². The minimum absolute atomic E-state index is 0.314. The molecule has 0 saturated carbocycles. The third kappa shape index (κ3) is 3.05. The van der Waals surface area contributed by atoms with E-state index in [9.17, 15) is 4.21 Å². The summed E-state index contributed by atoms with van der Waals surface area (Å²) in [5.41, 5.74) is 0.819. The van der Waals surface area contributed by atoms with Crippen molar-refractivity contribution in [3.8, 4) is 0 Å². The largest absolute Gasteiger partial charge is 0.270 e. The lowest BCUT2D eigenvalue weighted by atomic mass is 10.4. The van der Waals surface area contributed by atoms with Crippen LogP contribution in [0.25, 0.3) is 0 Å². The number of hydrogen-bond donors (Lipinski definition) is 0. The van der Waals surface area contributed by atoms with Crippen LogP contribution in [-0.4, -0.2) is 19.0 Å². The van der Waals surface area contributed by atoms with Crippen molar-refractivity contribution in [2.45, 2.75) is 30.7 Å². The summed E-state index contributed by atoms with van der Waals surface area (Å²) < 4.78 is 14.8. The number of pyridine rings is 1. The van der Waals surface area contributed by atoms with Gasteiger partial charge in [-0.3, -0.25) is 8.89 Å².